The summed E-state index contributed by atoms with van der Waals surface area (Å²) < 4.78 is 7.56. The molecule has 0 aliphatic rings. The van der Waals surface area contributed by atoms with Gasteiger partial charge >= 0.3 is 0 Å². The number of ether oxygens (including phenoxy) is 1. The van der Waals surface area contributed by atoms with Crippen LogP contribution in [0.15, 0.2) is 41.6 Å². The Morgan fingerprint density at radius 3 is 2.47 bits per heavy atom. The number of thioether (sulfide) groups is 1. The van der Waals surface area contributed by atoms with Crippen molar-refractivity contribution in [2.45, 2.75) is 45.9 Å². The van der Waals surface area contributed by atoms with Crippen LogP contribution in [0.3, 0.4) is 0 Å². The first kappa shape index (κ1) is 25.6. The molecule has 34 heavy (non-hydrogen) atoms. The predicted molar refractivity (Wildman–Crippen MR) is 134 cm³/mol. The van der Waals surface area contributed by atoms with Gasteiger partial charge in [0.25, 0.3) is 5.91 Å². The summed E-state index contributed by atoms with van der Waals surface area (Å²) in [7, 11) is 0. The van der Waals surface area contributed by atoms with E-state index in [9.17, 15) is 9.59 Å². The fraction of sp³-hybridized carbons (Fsp3) is 0.333. The number of carbonyl (C=O) groups excluding carboxylic acids is 2. The first-order valence-corrected chi connectivity index (χ1v) is 12.2. The number of halogens is 1. The van der Waals surface area contributed by atoms with Gasteiger partial charge in [-0.05, 0) is 56.5 Å². The van der Waals surface area contributed by atoms with Crippen molar-refractivity contribution in [3.05, 3.63) is 63.9 Å². The van der Waals surface area contributed by atoms with E-state index in [2.05, 4.69) is 20.8 Å². The number of para-hydroxylation sites is 1. The van der Waals surface area contributed by atoms with Gasteiger partial charge in [0, 0.05) is 17.3 Å². The Bertz CT molecular complexity index is 1160. The van der Waals surface area contributed by atoms with Crippen molar-refractivity contribution in [3.8, 4) is 5.75 Å². The fourth-order valence-electron chi connectivity index (χ4n) is 3.27. The van der Waals surface area contributed by atoms with Crippen LogP contribution in [0.1, 0.15) is 29.4 Å². The summed E-state index contributed by atoms with van der Waals surface area (Å²) in [4.78, 5) is 24.6. The van der Waals surface area contributed by atoms with Gasteiger partial charge in [-0.2, -0.15) is 0 Å². The molecule has 180 valence electrons. The van der Waals surface area contributed by atoms with Crippen LogP contribution >= 0.6 is 23.4 Å². The molecule has 3 rings (SSSR count). The van der Waals surface area contributed by atoms with Crippen molar-refractivity contribution in [1.29, 1.82) is 0 Å². The van der Waals surface area contributed by atoms with Gasteiger partial charge in [-0.15, -0.1) is 10.2 Å². The molecule has 0 fully saturated rings. The number of hydrogen-bond donors (Lipinski definition) is 2. The minimum atomic E-state index is -0.251. The predicted octanol–water partition coefficient (Wildman–Crippen LogP) is 4.30. The maximum Gasteiger partial charge on any atom is 0.258 e. The van der Waals surface area contributed by atoms with Crippen molar-refractivity contribution >= 4 is 40.9 Å². The summed E-state index contributed by atoms with van der Waals surface area (Å²) in [6, 6.07) is 11.2. The molecule has 2 amide bonds. The Morgan fingerprint density at radius 1 is 1.06 bits per heavy atom. The normalized spacial score (nSPS) is 10.7. The molecule has 1 heterocycles. The smallest absolute Gasteiger partial charge is 0.258 e. The molecule has 10 heteroatoms. The van der Waals surface area contributed by atoms with E-state index in [1.807, 2.05) is 62.6 Å². The van der Waals surface area contributed by atoms with Gasteiger partial charge in [-0.3, -0.25) is 9.59 Å². The molecule has 0 radical (unpaired) electrons. The van der Waals surface area contributed by atoms with E-state index >= 15 is 0 Å². The summed E-state index contributed by atoms with van der Waals surface area (Å²) in [6.07, 6.45) is 0. The molecule has 0 bridgehead atoms. The van der Waals surface area contributed by atoms with Crippen molar-refractivity contribution in [3.63, 3.8) is 0 Å². The Kier molecular flexibility index (Phi) is 8.95. The molecular formula is C24H28ClN5O3S. The summed E-state index contributed by atoms with van der Waals surface area (Å²) in [6.45, 7) is 8.48. The maximum absolute atomic E-state index is 12.3. The number of anilines is 1. The number of aromatic nitrogens is 3. The van der Waals surface area contributed by atoms with Crippen LogP contribution in [0.25, 0.3) is 0 Å². The van der Waals surface area contributed by atoms with Gasteiger partial charge < -0.3 is 19.9 Å². The molecule has 0 aliphatic carbocycles. The molecule has 0 aliphatic heterocycles. The minimum absolute atomic E-state index is 0.0865. The zero-order chi connectivity index (χ0) is 24.7. The lowest BCUT2D eigenvalue weighted by molar-refractivity contribution is -0.123. The molecule has 1 aromatic heterocycles. The maximum atomic E-state index is 12.3. The average molecular weight is 502 g/mol. The number of amides is 2. The monoisotopic (exact) mass is 501 g/mol. The zero-order valence-electron chi connectivity index (χ0n) is 19.6. The number of aryl methyl sites for hydroxylation is 3. The highest BCUT2D eigenvalue weighted by molar-refractivity contribution is 7.99. The van der Waals surface area contributed by atoms with Crippen LogP contribution in [-0.2, 0) is 22.7 Å². The Balaban J connectivity index is 1.50. The third kappa shape index (κ3) is 6.74. The summed E-state index contributed by atoms with van der Waals surface area (Å²) in [5, 5.41) is 15.2. The molecule has 0 saturated heterocycles. The van der Waals surface area contributed by atoms with Crippen LogP contribution in [0.2, 0.25) is 5.02 Å². The molecule has 0 atom stereocenters. The van der Waals surface area contributed by atoms with E-state index in [1.165, 1.54) is 11.8 Å². The minimum Gasteiger partial charge on any atom is -0.483 e. The van der Waals surface area contributed by atoms with Crippen LogP contribution in [0.4, 0.5) is 5.69 Å². The topological polar surface area (TPSA) is 98.1 Å². The van der Waals surface area contributed by atoms with Gasteiger partial charge in [0.1, 0.15) is 5.75 Å². The van der Waals surface area contributed by atoms with E-state index in [1.54, 1.807) is 6.07 Å². The molecule has 3 aromatic rings. The van der Waals surface area contributed by atoms with E-state index in [0.29, 0.717) is 28.2 Å². The van der Waals surface area contributed by atoms with Crippen molar-refractivity contribution in [2.24, 2.45) is 0 Å². The van der Waals surface area contributed by atoms with E-state index in [-0.39, 0.29) is 30.7 Å². The SMILES string of the molecule is CCn1c(CNC(=O)COc2c(C)cccc2C)nnc1SCC(=O)Nc1ccc(C)c(Cl)c1. The van der Waals surface area contributed by atoms with Crippen molar-refractivity contribution in [1.82, 2.24) is 20.1 Å². The fourth-order valence-corrected chi connectivity index (χ4v) is 4.27. The molecule has 2 N–H and O–H groups in total. The first-order chi connectivity index (χ1) is 16.3. The highest BCUT2D eigenvalue weighted by Gasteiger charge is 2.15. The number of nitrogens with zero attached hydrogens (tertiary/aromatic N) is 3. The average Bonchev–Trinajstić information content (AvgIpc) is 3.20. The van der Waals surface area contributed by atoms with E-state index in [4.69, 9.17) is 16.3 Å². The molecule has 0 unspecified atom stereocenters. The zero-order valence-corrected chi connectivity index (χ0v) is 21.2. The Labute approximate surface area is 208 Å². The standard InChI is InChI=1S/C24H28ClN5O3S/c1-5-30-20(12-26-21(31)13-33-23-16(3)7-6-8-17(23)4)28-29-24(30)34-14-22(32)27-18-10-9-15(2)19(25)11-18/h6-11H,5,12-14H2,1-4H3,(H,26,31)(H,27,32). The summed E-state index contributed by atoms with van der Waals surface area (Å²) >= 11 is 7.39. The number of hydrogen-bond acceptors (Lipinski definition) is 6. The van der Waals surface area contributed by atoms with Gasteiger partial charge in [-0.1, -0.05) is 47.6 Å². The molecular weight excluding hydrogens is 474 g/mol. The van der Waals surface area contributed by atoms with E-state index in [0.717, 1.165) is 22.4 Å². The van der Waals surface area contributed by atoms with Crippen molar-refractivity contribution < 1.29 is 14.3 Å². The molecule has 8 nitrogen and oxygen atoms in total. The van der Waals surface area contributed by atoms with Crippen LogP contribution in [0.5, 0.6) is 5.75 Å². The lowest BCUT2D eigenvalue weighted by Crippen LogP contribution is -2.29. The van der Waals surface area contributed by atoms with Gasteiger partial charge in [0.15, 0.2) is 17.6 Å². The molecule has 0 spiro atoms. The first-order valence-electron chi connectivity index (χ1n) is 10.8. The Hall–Kier alpha value is -3.04. The number of nitrogens with one attached hydrogen (secondary N) is 2. The highest BCUT2D eigenvalue weighted by Crippen LogP contribution is 2.23. The van der Waals surface area contributed by atoms with Gasteiger partial charge in [0.2, 0.25) is 5.91 Å². The van der Waals surface area contributed by atoms with Crippen LogP contribution in [-0.4, -0.2) is 38.9 Å². The van der Waals surface area contributed by atoms with Gasteiger partial charge in [0.05, 0.1) is 12.3 Å². The summed E-state index contributed by atoms with van der Waals surface area (Å²) in [5.74, 6) is 1.07. The van der Waals surface area contributed by atoms with Gasteiger partial charge in [-0.25, -0.2) is 0 Å². The largest absolute Gasteiger partial charge is 0.483 e. The number of rotatable bonds is 10. The second-order valence-electron chi connectivity index (χ2n) is 7.73. The lowest BCUT2D eigenvalue weighted by atomic mass is 10.1. The molecule has 2 aromatic carbocycles. The quantitative estimate of drug-likeness (QED) is 0.402. The third-order valence-corrected chi connectivity index (χ3v) is 6.47. The Morgan fingerprint density at radius 2 is 1.79 bits per heavy atom. The lowest BCUT2D eigenvalue weighted by Gasteiger charge is -2.12. The van der Waals surface area contributed by atoms with Crippen LogP contribution in [0, 0.1) is 20.8 Å². The highest BCUT2D eigenvalue weighted by atomic mass is 35.5. The molecule has 0 saturated carbocycles. The number of carbonyl (C=O) groups is 2. The van der Waals surface area contributed by atoms with E-state index < -0.39 is 0 Å². The second kappa shape index (κ2) is 11.9. The summed E-state index contributed by atoms with van der Waals surface area (Å²) in [5.41, 5.74) is 3.55. The second-order valence-corrected chi connectivity index (χ2v) is 9.08. The third-order valence-electron chi connectivity index (χ3n) is 5.10. The van der Waals surface area contributed by atoms with Crippen LogP contribution < -0.4 is 15.4 Å². The number of benzene rings is 2. The van der Waals surface area contributed by atoms with Crippen molar-refractivity contribution in [2.75, 3.05) is 17.7 Å².